The summed E-state index contributed by atoms with van der Waals surface area (Å²) < 4.78 is 38.5. The quantitative estimate of drug-likeness (QED) is 0.757. The molecule has 0 aliphatic heterocycles. The largest absolute Gasteiger partial charge is 0.390 e. The lowest BCUT2D eigenvalue weighted by Crippen LogP contribution is -2.36. The van der Waals surface area contributed by atoms with Crippen LogP contribution in [0.4, 0.5) is 13.2 Å². The van der Waals surface area contributed by atoms with E-state index in [0.29, 0.717) is 6.54 Å². The van der Waals surface area contributed by atoms with Gasteiger partial charge in [-0.15, -0.1) is 0 Å². The molecule has 4 heteroatoms. The summed E-state index contributed by atoms with van der Waals surface area (Å²) >= 11 is 0. The fraction of sp³-hybridized carbons (Fsp3) is 0.647. The highest BCUT2D eigenvalue weighted by Crippen LogP contribution is 2.41. The molecule has 1 unspecified atom stereocenters. The van der Waals surface area contributed by atoms with Crippen molar-refractivity contribution in [1.29, 1.82) is 0 Å². The highest BCUT2D eigenvalue weighted by molar-refractivity contribution is 5.19. The Morgan fingerprint density at radius 2 is 1.76 bits per heavy atom. The minimum atomic E-state index is -4.15. The summed E-state index contributed by atoms with van der Waals surface area (Å²) in [6, 6.07) is 8.33. The standard InChI is InChI=1S/C17H24F3N/c1-2-16(10-6-7-11-16)13-21-15(12-17(18,19)20)14-8-4-3-5-9-14/h3-5,8-9,15,21H,2,6-7,10-13H2,1H3. The van der Waals surface area contributed by atoms with E-state index in [0.717, 1.165) is 24.8 Å². The number of halogens is 3. The lowest BCUT2D eigenvalue weighted by Gasteiger charge is -2.31. The number of nitrogens with one attached hydrogen (secondary N) is 1. The van der Waals surface area contributed by atoms with Crippen molar-refractivity contribution in [2.45, 2.75) is 57.7 Å². The topological polar surface area (TPSA) is 12.0 Å². The number of benzene rings is 1. The van der Waals surface area contributed by atoms with Crippen LogP contribution in [0, 0.1) is 5.41 Å². The van der Waals surface area contributed by atoms with Crippen LogP contribution in [0.25, 0.3) is 0 Å². The molecule has 0 saturated heterocycles. The summed E-state index contributed by atoms with van der Waals surface area (Å²) in [7, 11) is 0. The van der Waals surface area contributed by atoms with E-state index in [-0.39, 0.29) is 5.41 Å². The average molecular weight is 299 g/mol. The second-order valence-electron chi connectivity index (χ2n) is 6.22. The van der Waals surface area contributed by atoms with Crippen molar-refractivity contribution in [3.05, 3.63) is 35.9 Å². The van der Waals surface area contributed by atoms with Gasteiger partial charge in [0.05, 0.1) is 6.42 Å². The van der Waals surface area contributed by atoms with Crippen molar-refractivity contribution in [2.24, 2.45) is 5.41 Å². The number of rotatable bonds is 6. The van der Waals surface area contributed by atoms with E-state index >= 15 is 0 Å². The van der Waals surface area contributed by atoms with Gasteiger partial charge in [0.25, 0.3) is 0 Å². The van der Waals surface area contributed by atoms with Crippen molar-refractivity contribution in [2.75, 3.05) is 6.54 Å². The Balaban J connectivity index is 2.06. The second-order valence-corrected chi connectivity index (χ2v) is 6.22. The molecule has 1 aliphatic carbocycles. The van der Waals surface area contributed by atoms with Crippen LogP contribution in [-0.4, -0.2) is 12.7 Å². The van der Waals surface area contributed by atoms with E-state index in [9.17, 15) is 13.2 Å². The predicted molar refractivity (Wildman–Crippen MR) is 79.0 cm³/mol. The van der Waals surface area contributed by atoms with Gasteiger partial charge in [-0.25, -0.2) is 0 Å². The summed E-state index contributed by atoms with van der Waals surface area (Å²) in [5, 5.41) is 3.21. The first-order valence-electron chi connectivity index (χ1n) is 7.79. The van der Waals surface area contributed by atoms with Crippen LogP contribution in [0.2, 0.25) is 0 Å². The van der Waals surface area contributed by atoms with Crippen molar-refractivity contribution >= 4 is 0 Å². The SMILES string of the molecule is CCC1(CNC(CC(F)(F)F)c2ccccc2)CCCC1. The third-order valence-electron chi connectivity index (χ3n) is 4.78. The summed E-state index contributed by atoms with van der Waals surface area (Å²) in [6.07, 6.45) is 0.733. The van der Waals surface area contributed by atoms with Crippen LogP contribution in [0.5, 0.6) is 0 Å². The Labute approximate surface area is 124 Å². The monoisotopic (exact) mass is 299 g/mol. The third kappa shape index (κ3) is 4.73. The summed E-state index contributed by atoms with van der Waals surface area (Å²) in [6.45, 7) is 2.83. The summed E-state index contributed by atoms with van der Waals surface area (Å²) in [4.78, 5) is 0. The summed E-state index contributed by atoms with van der Waals surface area (Å²) in [5.41, 5.74) is 0.914. The smallest absolute Gasteiger partial charge is 0.309 e. The molecule has 21 heavy (non-hydrogen) atoms. The van der Waals surface area contributed by atoms with Gasteiger partial charge in [0.1, 0.15) is 0 Å². The van der Waals surface area contributed by atoms with Crippen LogP contribution < -0.4 is 5.32 Å². The summed E-state index contributed by atoms with van der Waals surface area (Å²) in [5.74, 6) is 0. The molecule has 2 rings (SSSR count). The minimum Gasteiger partial charge on any atom is -0.309 e. The zero-order valence-corrected chi connectivity index (χ0v) is 12.5. The minimum absolute atomic E-state index is 0.193. The van der Waals surface area contributed by atoms with Gasteiger partial charge in [-0.3, -0.25) is 0 Å². The van der Waals surface area contributed by atoms with Crippen LogP contribution in [0.3, 0.4) is 0 Å². The Morgan fingerprint density at radius 1 is 1.14 bits per heavy atom. The van der Waals surface area contributed by atoms with Crippen LogP contribution in [-0.2, 0) is 0 Å². The second kappa shape index (κ2) is 6.82. The van der Waals surface area contributed by atoms with E-state index in [1.165, 1.54) is 12.8 Å². The molecule has 0 amide bonds. The van der Waals surface area contributed by atoms with Crippen molar-refractivity contribution in [3.63, 3.8) is 0 Å². The maximum absolute atomic E-state index is 12.8. The van der Waals surface area contributed by atoms with Crippen LogP contribution in [0.1, 0.15) is 57.1 Å². The molecule has 1 N–H and O–H groups in total. The molecule has 1 fully saturated rings. The number of alkyl halides is 3. The zero-order chi connectivity index (χ0) is 15.3. The first-order valence-corrected chi connectivity index (χ1v) is 7.79. The fourth-order valence-electron chi connectivity index (χ4n) is 3.34. The molecular formula is C17H24F3N. The van der Waals surface area contributed by atoms with Crippen molar-refractivity contribution in [3.8, 4) is 0 Å². The first kappa shape index (κ1) is 16.3. The fourth-order valence-corrected chi connectivity index (χ4v) is 3.34. The average Bonchev–Trinajstić information content (AvgIpc) is 2.93. The maximum Gasteiger partial charge on any atom is 0.390 e. The normalized spacial score (nSPS) is 19.6. The van der Waals surface area contributed by atoms with Gasteiger partial charge in [0.15, 0.2) is 0 Å². The number of hydrogen-bond acceptors (Lipinski definition) is 1. The Kier molecular flexibility index (Phi) is 5.31. The van der Waals surface area contributed by atoms with Gasteiger partial charge in [0.2, 0.25) is 0 Å². The lowest BCUT2D eigenvalue weighted by atomic mass is 9.83. The zero-order valence-electron chi connectivity index (χ0n) is 12.5. The van der Waals surface area contributed by atoms with E-state index in [1.54, 1.807) is 24.3 Å². The number of hydrogen-bond donors (Lipinski definition) is 1. The molecule has 1 aromatic rings. The van der Waals surface area contributed by atoms with Gasteiger partial charge in [-0.05, 0) is 30.2 Å². The molecular weight excluding hydrogens is 275 g/mol. The van der Waals surface area contributed by atoms with Crippen LogP contribution in [0.15, 0.2) is 30.3 Å². The van der Waals surface area contributed by atoms with Crippen LogP contribution >= 0.6 is 0 Å². The van der Waals surface area contributed by atoms with Gasteiger partial charge in [-0.2, -0.15) is 13.2 Å². The maximum atomic E-state index is 12.8. The Hall–Kier alpha value is -1.03. The predicted octanol–water partition coefficient (Wildman–Crippen LogP) is 5.24. The molecule has 1 aromatic carbocycles. The van der Waals surface area contributed by atoms with E-state index in [1.807, 2.05) is 6.07 Å². The Bertz CT molecular complexity index is 421. The molecule has 0 aromatic heterocycles. The molecule has 1 aliphatic rings. The Morgan fingerprint density at radius 3 is 2.29 bits per heavy atom. The molecule has 1 atom stereocenters. The van der Waals surface area contributed by atoms with Crippen molar-refractivity contribution in [1.82, 2.24) is 5.32 Å². The first-order chi connectivity index (χ1) is 9.94. The highest BCUT2D eigenvalue weighted by atomic mass is 19.4. The third-order valence-corrected chi connectivity index (χ3v) is 4.78. The van der Waals surface area contributed by atoms with Crippen molar-refractivity contribution < 1.29 is 13.2 Å². The molecule has 0 bridgehead atoms. The van der Waals surface area contributed by atoms with E-state index in [2.05, 4.69) is 12.2 Å². The van der Waals surface area contributed by atoms with Gasteiger partial charge >= 0.3 is 6.18 Å². The van der Waals surface area contributed by atoms with E-state index < -0.39 is 18.6 Å². The molecule has 0 spiro atoms. The molecule has 0 heterocycles. The van der Waals surface area contributed by atoms with Gasteiger partial charge in [0, 0.05) is 12.6 Å². The van der Waals surface area contributed by atoms with Gasteiger partial charge in [-0.1, -0.05) is 50.1 Å². The molecule has 0 radical (unpaired) electrons. The molecule has 118 valence electrons. The molecule has 1 nitrogen and oxygen atoms in total. The van der Waals surface area contributed by atoms with Gasteiger partial charge < -0.3 is 5.32 Å². The lowest BCUT2D eigenvalue weighted by molar-refractivity contribution is -0.140. The highest BCUT2D eigenvalue weighted by Gasteiger charge is 2.36. The van der Waals surface area contributed by atoms with E-state index in [4.69, 9.17) is 0 Å². The molecule has 1 saturated carbocycles.